The van der Waals surface area contributed by atoms with Gasteiger partial charge in [0, 0.05) is 13.2 Å². The Morgan fingerprint density at radius 2 is 1.94 bits per heavy atom. The number of benzene rings is 2. The Labute approximate surface area is 189 Å². The number of epoxide rings is 1. The molecule has 2 atom stereocenters. The maximum atomic E-state index is 13.2. The molecule has 0 bridgehead atoms. The van der Waals surface area contributed by atoms with Crippen molar-refractivity contribution < 1.29 is 33.7 Å². The Hall–Kier alpha value is -3.85. The van der Waals surface area contributed by atoms with Crippen LogP contribution in [0, 0.1) is 6.92 Å². The van der Waals surface area contributed by atoms with Crippen LogP contribution < -0.4 is 10.1 Å². The van der Waals surface area contributed by atoms with Crippen LogP contribution in [0.25, 0.3) is 10.8 Å². The van der Waals surface area contributed by atoms with E-state index >= 15 is 0 Å². The highest BCUT2D eigenvalue weighted by Gasteiger charge is 2.53. The molecule has 1 aromatic heterocycles. The standard InChI is InChI=1S/C24H24N2O7/c1-13-6-5-7-16-17(13)9-15(31-4)10-18(16)23(30)33-20(24(2)12-32-24)21(27)25-14-8-19(22(28)29)26(3)11-14/h5-11,20H,12H2,1-4H3,(H,25,27)(H,28,29)/t20-,24+/m1/s1. The average molecular weight is 452 g/mol. The van der Waals surface area contributed by atoms with Gasteiger partial charge in [0.15, 0.2) is 0 Å². The third-order valence-electron chi connectivity index (χ3n) is 5.75. The number of fused-ring (bicyclic) bond motifs is 1. The highest BCUT2D eigenvalue weighted by atomic mass is 16.6. The molecular weight excluding hydrogens is 428 g/mol. The summed E-state index contributed by atoms with van der Waals surface area (Å²) in [6.07, 6.45) is 0.221. The quantitative estimate of drug-likeness (QED) is 0.417. The highest BCUT2D eigenvalue weighted by molar-refractivity contribution is 6.07. The lowest BCUT2D eigenvalue weighted by Gasteiger charge is -2.21. The van der Waals surface area contributed by atoms with Gasteiger partial charge in [-0.05, 0) is 48.4 Å². The first-order chi connectivity index (χ1) is 15.6. The summed E-state index contributed by atoms with van der Waals surface area (Å²) in [6.45, 7) is 3.84. The Morgan fingerprint density at radius 3 is 2.55 bits per heavy atom. The van der Waals surface area contributed by atoms with Crippen molar-refractivity contribution in [3.8, 4) is 5.75 Å². The predicted molar refractivity (Wildman–Crippen MR) is 120 cm³/mol. The second-order valence-electron chi connectivity index (χ2n) is 8.25. The number of carbonyl (C=O) groups excluding carboxylic acids is 2. The number of carbonyl (C=O) groups is 3. The van der Waals surface area contributed by atoms with Crippen molar-refractivity contribution in [1.82, 2.24) is 4.57 Å². The lowest BCUT2D eigenvalue weighted by molar-refractivity contribution is -0.127. The molecule has 1 aliphatic heterocycles. The summed E-state index contributed by atoms with van der Waals surface area (Å²) in [4.78, 5) is 37.6. The van der Waals surface area contributed by atoms with Crippen molar-refractivity contribution >= 4 is 34.3 Å². The summed E-state index contributed by atoms with van der Waals surface area (Å²) in [7, 11) is 3.06. The summed E-state index contributed by atoms with van der Waals surface area (Å²) in [5, 5.41) is 13.4. The lowest BCUT2D eigenvalue weighted by atomic mass is 10.00. The Kier molecular flexibility index (Phi) is 5.59. The predicted octanol–water partition coefficient (Wildman–Crippen LogP) is 3.15. The molecule has 2 aromatic carbocycles. The number of anilines is 1. The molecule has 3 aromatic rings. The third-order valence-corrected chi connectivity index (χ3v) is 5.75. The van der Waals surface area contributed by atoms with Crippen molar-refractivity contribution in [1.29, 1.82) is 0 Å². The van der Waals surface area contributed by atoms with Gasteiger partial charge in [-0.2, -0.15) is 0 Å². The van der Waals surface area contributed by atoms with Crippen LogP contribution in [0.4, 0.5) is 5.69 Å². The SMILES string of the molecule is COc1cc(C(=O)O[C@H](C(=O)Nc2cc(C(=O)O)n(C)c2)[C@]2(C)CO2)c2cccc(C)c2c1. The number of methoxy groups -OCH3 is 1. The van der Waals surface area contributed by atoms with Crippen LogP contribution >= 0.6 is 0 Å². The minimum Gasteiger partial charge on any atom is -0.497 e. The number of amides is 1. The topological polar surface area (TPSA) is 119 Å². The normalized spacial score (nSPS) is 17.9. The zero-order valence-electron chi connectivity index (χ0n) is 18.7. The van der Waals surface area contributed by atoms with E-state index in [1.807, 2.05) is 25.1 Å². The van der Waals surface area contributed by atoms with Crippen LogP contribution in [0.3, 0.4) is 0 Å². The molecule has 0 radical (unpaired) electrons. The number of esters is 1. The molecule has 4 rings (SSSR count). The Balaban J connectivity index is 1.63. The Bertz CT molecular complexity index is 1270. The van der Waals surface area contributed by atoms with Crippen LogP contribution in [-0.4, -0.2) is 52.9 Å². The molecule has 1 amide bonds. The molecule has 0 unspecified atom stereocenters. The van der Waals surface area contributed by atoms with E-state index in [0.29, 0.717) is 11.1 Å². The van der Waals surface area contributed by atoms with Gasteiger partial charge in [0.1, 0.15) is 17.0 Å². The molecule has 172 valence electrons. The maximum Gasteiger partial charge on any atom is 0.352 e. The number of carboxylic acids is 1. The first-order valence-corrected chi connectivity index (χ1v) is 10.3. The fourth-order valence-corrected chi connectivity index (χ4v) is 3.74. The van der Waals surface area contributed by atoms with E-state index in [2.05, 4.69) is 5.32 Å². The van der Waals surface area contributed by atoms with Crippen LogP contribution in [-0.2, 0) is 21.3 Å². The fraction of sp³-hybridized carbons (Fsp3) is 0.292. The number of nitrogens with zero attached hydrogens (tertiary/aromatic N) is 1. The van der Waals surface area contributed by atoms with E-state index in [4.69, 9.17) is 14.2 Å². The summed E-state index contributed by atoms with van der Waals surface area (Å²) in [6, 6.07) is 10.3. The van der Waals surface area contributed by atoms with Crippen LogP contribution in [0.15, 0.2) is 42.6 Å². The molecule has 0 spiro atoms. The van der Waals surface area contributed by atoms with Gasteiger partial charge in [-0.15, -0.1) is 0 Å². The number of hydrogen-bond acceptors (Lipinski definition) is 6. The number of aryl methyl sites for hydroxylation is 2. The largest absolute Gasteiger partial charge is 0.497 e. The third kappa shape index (κ3) is 4.27. The van der Waals surface area contributed by atoms with E-state index < -0.39 is 29.6 Å². The number of hydrogen-bond donors (Lipinski definition) is 2. The molecule has 2 heterocycles. The van der Waals surface area contributed by atoms with Gasteiger partial charge in [-0.3, -0.25) is 4.79 Å². The van der Waals surface area contributed by atoms with Gasteiger partial charge in [0.2, 0.25) is 6.10 Å². The molecule has 2 N–H and O–H groups in total. The monoisotopic (exact) mass is 452 g/mol. The first kappa shape index (κ1) is 22.3. The lowest BCUT2D eigenvalue weighted by Crippen LogP contribution is -2.42. The summed E-state index contributed by atoms with van der Waals surface area (Å²) >= 11 is 0. The maximum absolute atomic E-state index is 13.2. The van der Waals surface area contributed by atoms with Crippen molar-refractivity contribution in [2.75, 3.05) is 19.0 Å². The van der Waals surface area contributed by atoms with Gasteiger partial charge in [-0.1, -0.05) is 18.2 Å². The zero-order chi connectivity index (χ0) is 23.9. The van der Waals surface area contributed by atoms with E-state index in [0.717, 1.165) is 10.9 Å². The molecule has 33 heavy (non-hydrogen) atoms. The van der Waals surface area contributed by atoms with Crippen molar-refractivity contribution in [2.24, 2.45) is 7.05 Å². The average Bonchev–Trinajstić information content (AvgIpc) is 3.41. The number of aromatic carboxylic acids is 1. The number of nitrogens with one attached hydrogen (secondary N) is 1. The molecule has 9 nitrogen and oxygen atoms in total. The van der Waals surface area contributed by atoms with Gasteiger partial charge in [0.25, 0.3) is 5.91 Å². The van der Waals surface area contributed by atoms with Gasteiger partial charge >= 0.3 is 11.9 Å². The fourth-order valence-electron chi connectivity index (χ4n) is 3.74. The number of carboxylic acid groups (broad SMARTS) is 1. The van der Waals surface area contributed by atoms with E-state index in [1.165, 1.54) is 23.9 Å². The molecule has 1 saturated heterocycles. The minimum absolute atomic E-state index is 0.00551. The molecule has 0 aliphatic carbocycles. The van der Waals surface area contributed by atoms with E-state index in [1.54, 1.807) is 26.1 Å². The smallest absolute Gasteiger partial charge is 0.352 e. The van der Waals surface area contributed by atoms with E-state index in [-0.39, 0.29) is 23.6 Å². The minimum atomic E-state index is -1.25. The van der Waals surface area contributed by atoms with Crippen LogP contribution in [0.5, 0.6) is 5.75 Å². The van der Waals surface area contributed by atoms with Crippen molar-refractivity contribution in [2.45, 2.75) is 25.6 Å². The number of ether oxygens (including phenoxy) is 3. The van der Waals surface area contributed by atoms with Crippen molar-refractivity contribution in [3.63, 3.8) is 0 Å². The second-order valence-corrected chi connectivity index (χ2v) is 8.25. The summed E-state index contributed by atoms with van der Waals surface area (Å²) in [5.41, 5.74) is 0.529. The molecule has 1 aliphatic rings. The summed E-state index contributed by atoms with van der Waals surface area (Å²) < 4.78 is 17.8. The van der Waals surface area contributed by atoms with Gasteiger partial charge < -0.3 is 29.2 Å². The number of rotatable bonds is 7. The molecule has 0 saturated carbocycles. The second kappa shape index (κ2) is 8.25. The van der Waals surface area contributed by atoms with E-state index in [9.17, 15) is 19.5 Å². The van der Waals surface area contributed by atoms with Crippen LogP contribution in [0.2, 0.25) is 0 Å². The molecule has 9 heteroatoms. The highest BCUT2D eigenvalue weighted by Crippen LogP contribution is 2.35. The molecule has 1 fully saturated rings. The summed E-state index contributed by atoms with van der Waals surface area (Å²) in [5.74, 6) is -1.95. The van der Waals surface area contributed by atoms with Gasteiger partial charge in [-0.25, -0.2) is 9.59 Å². The molecular formula is C24H24N2O7. The van der Waals surface area contributed by atoms with Gasteiger partial charge in [0.05, 0.1) is 25.0 Å². The number of aromatic nitrogens is 1. The Morgan fingerprint density at radius 1 is 1.21 bits per heavy atom. The van der Waals surface area contributed by atoms with Crippen molar-refractivity contribution in [3.05, 3.63) is 59.4 Å². The zero-order valence-corrected chi connectivity index (χ0v) is 18.7. The first-order valence-electron chi connectivity index (χ1n) is 10.3. The van der Waals surface area contributed by atoms with Crippen LogP contribution in [0.1, 0.15) is 33.3 Å².